The van der Waals surface area contributed by atoms with Crippen LogP contribution in [0, 0.1) is 9.49 Å². The van der Waals surface area contributed by atoms with Crippen LogP contribution in [0.25, 0.3) is 0 Å². The molecule has 0 bridgehead atoms. The zero-order chi connectivity index (χ0) is 14.6. The molecule has 0 aromatic carbocycles. The van der Waals surface area contributed by atoms with Crippen LogP contribution in [-0.4, -0.2) is 32.9 Å². The number of carboxylic acids is 1. The predicted octanol–water partition coefficient (Wildman–Crippen LogP) is 2.50. The van der Waals surface area contributed by atoms with Crippen molar-refractivity contribution in [1.29, 1.82) is 0 Å². The summed E-state index contributed by atoms with van der Waals surface area (Å²) in [5.74, 6) is -0.503. The van der Waals surface area contributed by atoms with Gasteiger partial charge >= 0.3 is 5.97 Å². The Hall–Kier alpha value is -0.630. The molecule has 0 amide bonds. The van der Waals surface area contributed by atoms with E-state index in [0.29, 0.717) is 0 Å². The molecule has 1 saturated carbocycles. The van der Waals surface area contributed by atoms with E-state index < -0.39 is 11.5 Å². The quantitative estimate of drug-likeness (QED) is 0.701. The minimum Gasteiger partial charge on any atom is -0.480 e. The summed E-state index contributed by atoms with van der Waals surface area (Å²) in [7, 11) is 0. The van der Waals surface area contributed by atoms with Crippen LogP contribution in [-0.2, 0) is 11.3 Å². The number of nitrogens with one attached hydrogen (secondary N) is 1. The fourth-order valence-electron chi connectivity index (χ4n) is 3.16. The fraction of sp³-hybridized carbons (Fsp3) is 0.714. The standard InChI is InChI=1S/C14H22IN3O2/c1-2-7-16-14(13(19)20)6-3-4-11(14)5-8-18-10-12(15)9-17-18/h9-11,16H,2-8H2,1H3,(H,19,20). The summed E-state index contributed by atoms with van der Waals surface area (Å²) in [6.45, 7) is 3.62. The first kappa shape index (κ1) is 15.8. The molecule has 2 rings (SSSR count). The highest BCUT2D eigenvalue weighted by molar-refractivity contribution is 14.1. The molecule has 1 aliphatic carbocycles. The Morgan fingerprint density at radius 3 is 3.10 bits per heavy atom. The van der Waals surface area contributed by atoms with E-state index in [1.54, 1.807) is 0 Å². The van der Waals surface area contributed by atoms with Crippen molar-refractivity contribution in [1.82, 2.24) is 15.1 Å². The molecule has 0 aliphatic heterocycles. The van der Waals surface area contributed by atoms with Crippen LogP contribution in [0.5, 0.6) is 0 Å². The predicted molar refractivity (Wildman–Crippen MR) is 85.6 cm³/mol. The summed E-state index contributed by atoms with van der Waals surface area (Å²) >= 11 is 2.23. The van der Waals surface area contributed by atoms with E-state index in [4.69, 9.17) is 0 Å². The minimum atomic E-state index is -0.726. The van der Waals surface area contributed by atoms with Crippen molar-refractivity contribution in [3.05, 3.63) is 16.0 Å². The number of hydrogen-bond donors (Lipinski definition) is 2. The highest BCUT2D eigenvalue weighted by Crippen LogP contribution is 2.38. The number of nitrogens with zero attached hydrogens (tertiary/aromatic N) is 2. The van der Waals surface area contributed by atoms with Gasteiger partial charge in [0.25, 0.3) is 0 Å². The van der Waals surface area contributed by atoms with Crippen molar-refractivity contribution >= 4 is 28.6 Å². The van der Waals surface area contributed by atoms with Crippen LogP contribution >= 0.6 is 22.6 Å². The maximum atomic E-state index is 11.8. The average Bonchev–Trinajstić information content (AvgIpc) is 3.01. The van der Waals surface area contributed by atoms with Crippen LogP contribution in [0.3, 0.4) is 0 Å². The number of halogens is 1. The highest BCUT2D eigenvalue weighted by atomic mass is 127. The molecule has 1 heterocycles. The zero-order valence-corrected chi connectivity index (χ0v) is 14.0. The van der Waals surface area contributed by atoms with Gasteiger partial charge in [-0.25, -0.2) is 0 Å². The van der Waals surface area contributed by atoms with Gasteiger partial charge in [-0.2, -0.15) is 5.10 Å². The van der Waals surface area contributed by atoms with Crippen molar-refractivity contribution in [2.45, 2.75) is 51.1 Å². The van der Waals surface area contributed by atoms with Crippen LogP contribution in [0.2, 0.25) is 0 Å². The lowest BCUT2D eigenvalue weighted by atomic mass is 9.84. The molecule has 1 aromatic rings. The molecule has 5 nitrogen and oxygen atoms in total. The van der Waals surface area contributed by atoms with Gasteiger partial charge in [0, 0.05) is 12.7 Å². The van der Waals surface area contributed by atoms with E-state index in [2.05, 4.69) is 39.9 Å². The van der Waals surface area contributed by atoms with E-state index in [1.807, 2.05) is 17.1 Å². The number of aromatic nitrogens is 2. The Morgan fingerprint density at radius 1 is 1.70 bits per heavy atom. The molecule has 2 unspecified atom stereocenters. The third-order valence-electron chi connectivity index (χ3n) is 4.20. The third kappa shape index (κ3) is 3.33. The van der Waals surface area contributed by atoms with Gasteiger partial charge in [0.1, 0.15) is 5.54 Å². The van der Waals surface area contributed by atoms with Crippen molar-refractivity contribution in [2.24, 2.45) is 5.92 Å². The largest absolute Gasteiger partial charge is 0.480 e. The Labute approximate surface area is 133 Å². The fourth-order valence-corrected chi connectivity index (χ4v) is 3.60. The summed E-state index contributed by atoms with van der Waals surface area (Å²) in [6, 6.07) is 0. The summed E-state index contributed by atoms with van der Waals surface area (Å²) in [6.07, 6.45) is 8.36. The average molecular weight is 391 g/mol. The lowest BCUT2D eigenvalue weighted by Gasteiger charge is -2.32. The van der Waals surface area contributed by atoms with Crippen molar-refractivity contribution in [2.75, 3.05) is 6.54 Å². The van der Waals surface area contributed by atoms with Crippen LogP contribution in [0.15, 0.2) is 12.4 Å². The molecule has 112 valence electrons. The second-order valence-electron chi connectivity index (χ2n) is 5.50. The van der Waals surface area contributed by atoms with Gasteiger partial charge in [-0.1, -0.05) is 13.3 Å². The Balaban J connectivity index is 2.02. The molecular weight excluding hydrogens is 369 g/mol. The Bertz CT molecular complexity index is 463. The summed E-state index contributed by atoms with van der Waals surface area (Å²) in [5.41, 5.74) is -0.726. The van der Waals surface area contributed by atoms with Gasteiger partial charge in [0.2, 0.25) is 0 Å². The summed E-state index contributed by atoms with van der Waals surface area (Å²) < 4.78 is 3.02. The number of rotatable bonds is 7. The molecule has 1 aromatic heterocycles. The van der Waals surface area contributed by atoms with Gasteiger partial charge in [-0.3, -0.25) is 9.48 Å². The normalized spacial score (nSPS) is 26.0. The summed E-state index contributed by atoms with van der Waals surface area (Å²) in [5, 5.41) is 17.3. The number of carboxylic acid groups (broad SMARTS) is 1. The maximum absolute atomic E-state index is 11.8. The minimum absolute atomic E-state index is 0.188. The van der Waals surface area contributed by atoms with E-state index >= 15 is 0 Å². The third-order valence-corrected chi connectivity index (χ3v) is 4.76. The molecule has 0 saturated heterocycles. The topological polar surface area (TPSA) is 67.2 Å². The maximum Gasteiger partial charge on any atom is 0.324 e. The SMILES string of the molecule is CCCNC1(C(=O)O)CCCC1CCn1cc(I)cn1. The Morgan fingerprint density at radius 2 is 2.50 bits per heavy atom. The van der Waals surface area contributed by atoms with Gasteiger partial charge in [-0.05, 0) is 60.7 Å². The van der Waals surface area contributed by atoms with E-state index in [0.717, 1.165) is 48.8 Å². The molecule has 2 N–H and O–H groups in total. The van der Waals surface area contributed by atoms with Gasteiger partial charge < -0.3 is 10.4 Å². The lowest BCUT2D eigenvalue weighted by molar-refractivity contribution is -0.146. The molecule has 2 atom stereocenters. The first-order chi connectivity index (χ1) is 9.58. The van der Waals surface area contributed by atoms with Crippen molar-refractivity contribution in [3.63, 3.8) is 0 Å². The second-order valence-corrected chi connectivity index (χ2v) is 6.75. The Kier molecular flexibility index (Phi) is 5.42. The number of hydrogen-bond acceptors (Lipinski definition) is 3. The second kappa shape index (κ2) is 6.89. The molecule has 20 heavy (non-hydrogen) atoms. The number of carbonyl (C=O) groups is 1. The number of aryl methyl sites for hydroxylation is 1. The van der Waals surface area contributed by atoms with E-state index in [1.165, 1.54) is 0 Å². The van der Waals surface area contributed by atoms with Crippen LogP contribution in [0.1, 0.15) is 39.0 Å². The monoisotopic (exact) mass is 391 g/mol. The molecule has 1 fully saturated rings. The zero-order valence-electron chi connectivity index (χ0n) is 11.8. The highest BCUT2D eigenvalue weighted by Gasteiger charge is 2.48. The van der Waals surface area contributed by atoms with E-state index in [-0.39, 0.29) is 5.92 Å². The molecule has 0 radical (unpaired) electrons. The lowest BCUT2D eigenvalue weighted by Crippen LogP contribution is -2.55. The van der Waals surface area contributed by atoms with E-state index in [9.17, 15) is 9.90 Å². The van der Waals surface area contributed by atoms with Crippen LogP contribution < -0.4 is 5.32 Å². The molecule has 0 spiro atoms. The molecular formula is C14H22IN3O2. The van der Waals surface area contributed by atoms with Crippen molar-refractivity contribution < 1.29 is 9.90 Å². The first-order valence-electron chi connectivity index (χ1n) is 7.25. The molecule has 6 heteroatoms. The van der Waals surface area contributed by atoms with Crippen molar-refractivity contribution in [3.8, 4) is 0 Å². The first-order valence-corrected chi connectivity index (χ1v) is 8.32. The smallest absolute Gasteiger partial charge is 0.324 e. The molecule has 1 aliphatic rings. The number of aliphatic carboxylic acids is 1. The van der Waals surface area contributed by atoms with Gasteiger partial charge in [0.05, 0.1) is 9.77 Å². The van der Waals surface area contributed by atoms with Gasteiger partial charge in [0.15, 0.2) is 0 Å². The summed E-state index contributed by atoms with van der Waals surface area (Å²) in [4.78, 5) is 11.8. The van der Waals surface area contributed by atoms with Crippen LogP contribution in [0.4, 0.5) is 0 Å². The van der Waals surface area contributed by atoms with Gasteiger partial charge in [-0.15, -0.1) is 0 Å².